The highest BCUT2D eigenvalue weighted by atomic mass is 16.4. The van der Waals surface area contributed by atoms with Gasteiger partial charge >= 0.3 is 0 Å². The summed E-state index contributed by atoms with van der Waals surface area (Å²) in [4.78, 5) is 8.31. The van der Waals surface area contributed by atoms with E-state index in [9.17, 15) is 0 Å². The maximum absolute atomic E-state index is 5.11. The first-order valence-corrected chi connectivity index (χ1v) is 3.95. The van der Waals surface area contributed by atoms with Crippen LogP contribution in [0, 0.1) is 0 Å². The fourth-order valence-corrected chi connectivity index (χ4v) is 1.02. The monoisotopic (exact) mass is 175 g/mol. The van der Waals surface area contributed by atoms with Gasteiger partial charge in [0.15, 0.2) is 0 Å². The highest BCUT2D eigenvalue weighted by molar-refractivity contribution is 5.53. The van der Waals surface area contributed by atoms with E-state index in [1.165, 1.54) is 0 Å². The number of nitrogens with zero attached hydrogens (tertiary/aromatic N) is 2. The minimum atomic E-state index is 0.501. The summed E-state index contributed by atoms with van der Waals surface area (Å²) < 4.78 is 5.11. The van der Waals surface area contributed by atoms with E-state index in [1.54, 1.807) is 19.5 Å². The Labute approximate surface area is 75.6 Å². The fraction of sp³-hybridized carbons (Fsp3) is 0.111. The normalized spacial score (nSPS) is 9.92. The number of nitrogens with one attached hydrogen (secondary N) is 1. The van der Waals surface area contributed by atoms with Crippen LogP contribution in [0.25, 0.3) is 11.4 Å². The molecule has 13 heavy (non-hydrogen) atoms. The van der Waals surface area contributed by atoms with Gasteiger partial charge in [-0.15, -0.1) is 0 Å². The molecule has 0 saturated carbocycles. The first-order chi connectivity index (χ1) is 6.40. The molecule has 0 bridgehead atoms. The van der Waals surface area contributed by atoms with Crippen LogP contribution in [-0.4, -0.2) is 17.0 Å². The van der Waals surface area contributed by atoms with E-state index in [4.69, 9.17) is 4.42 Å². The highest BCUT2D eigenvalue weighted by Crippen LogP contribution is 2.17. The Kier molecular flexibility index (Phi) is 1.96. The zero-order valence-electron chi connectivity index (χ0n) is 7.19. The van der Waals surface area contributed by atoms with Crippen molar-refractivity contribution in [3.8, 4) is 11.4 Å². The summed E-state index contributed by atoms with van der Waals surface area (Å²) in [5, 5.41) is 2.81. The molecular formula is C9H9N3O. The zero-order chi connectivity index (χ0) is 9.10. The van der Waals surface area contributed by atoms with Gasteiger partial charge in [-0.2, -0.15) is 4.98 Å². The number of pyridine rings is 1. The van der Waals surface area contributed by atoms with Gasteiger partial charge in [0, 0.05) is 13.2 Å². The number of hydrogen-bond donors (Lipinski definition) is 1. The van der Waals surface area contributed by atoms with Crippen LogP contribution in [0.5, 0.6) is 0 Å². The van der Waals surface area contributed by atoms with Gasteiger partial charge in [0.2, 0.25) is 0 Å². The number of hydrogen-bond acceptors (Lipinski definition) is 4. The summed E-state index contributed by atoms with van der Waals surface area (Å²) in [6.07, 6.45) is 3.30. The predicted octanol–water partition coefficient (Wildman–Crippen LogP) is 1.78. The van der Waals surface area contributed by atoms with Crippen LogP contribution in [0.15, 0.2) is 35.1 Å². The molecule has 4 nitrogen and oxygen atoms in total. The van der Waals surface area contributed by atoms with Gasteiger partial charge in [-0.1, -0.05) is 6.07 Å². The van der Waals surface area contributed by atoms with Crippen LogP contribution < -0.4 is 5.32 Å². The second-order valence-electron chi connectivity index (χ2n) is 2.50. The summed E-state index contributed by atoms with van der Waals surface area (Å²) in [6, 6.07) is 6.16. The van der Waals surface area contributed by atoms with Crippen LogP contribution in [0.2, 0.25) is 0 Å². The SMILES string of the molecule is CNc1nc(-c2ccccn2)co1. The molecule has 2 aromatic heterocycles. The molecule has 0 radical (unpaired) electrons. The molecule has 66 valence electrons. The molecule has 4 heteroatoms. The van der Waals surface area contributed by atoms with Crippen molar-refractivity contribution in [2.75, 3.05) is 12.4 Å². The van der Waals surface area contributed by atoms with Gasteiger partial charge in [0.25, 0.3) is 6.01 Å². The molecule has 0 amide bonds. The lowest BCUT2D eigenvalue weighted by Crippen LogP contribution is -1.87. The number of anilines is 1. The van der Waals surface area contributed by atoms with Gasteiger partial charge in [0.05, 0.1) is 5.69 Å². The van der Waals surface area contributed by atoms with Crippen LogP contribution in [0.1, 0.15) is 0 Å². The van der Waals surface area contributed by atoms with E-state index < -0.39 is 0 Å². The van der Waals surface area contributed by atoms with Crippen molar-refractivity contribution < 1.29 is 4.42 Å². The predicted molar refractivity (Wildman–Crippen MR) is 49.3 cm³/mol. The fourth-order valence-electron chi connectivity index (χ4n) is 1.02. The third-order valence-corrected chi connectivity index (χ3v) is 1.65. The molecule has 1 N–H and O–H groups in total. The molecule has 0 fully saturated rings. The number of oxazole rings is 1. The Morgan fingerprint density at radius 2 is 2.23 bits per heavy atom. The largest absolute Gasteiger partial charge is 0.431 e. The Balaban J connectivity index is 2.36. The summed E-state index contributed by atoms with van der Waals surface area (Å²) >= 11 is 0. The summed E-state index contributed by atoms with van der Waals surface area (Å²) in [5.41, 5.74) is 1.55. The maximum atomic E-state index is 5.11. The Hall–Kier alpha value is -1.84. The lowest BCUT2D eigenvalue weighted by Gasteiger charge is -1.91. The third-order valence-electron chi connectivity index (χ3n) is 1.65. The van der Waals surface area contributed by atoms with E-state index in [2.05, 4.69) is 15.3 Å². The maximum Gasteiger partial charge on any atom is 0.294 e. The van der Waals surface area contributed by atoms with Crippen molar-refractivity contribution >= 4 is 6.01 Å². The third kappa shape index (κ3) is 1.51. The van der Waals surface area contributed by atoms with E-state index in [-0.39, 0.29) is 0 Å². The molecule has 0 saturated heterocycles. The van der Waals surface area contributed by atoms with Crippen molar-refractivity contribution in [1.29, 1.82) is 0 Å². The summed E-state index contributed by atoms with van der Waals surface area (Å²) in [5.74, 6) is 0. The van der Waals surface area contributed by atoms with Crippen LogP contribution in [0.4, 0.5) is 6.01 Å². The lowest BCUT2D eigenvalue weighted by molar-refractivity contribution is 0.576. The van der Waals surface area contributed by atoms with Gasteiger partial charge in [-0.3, -0.25) is 4.98 Å². The molecule has 0 aliphatic heterocycles. The average Bonchev–Trinajstić information content (AvgIpc) is 2.67. The summed E-state index contributed by atoms with van der Waals surface area (Å²) in [6.45, 7) is 0. The molecule has 0 unspecified atom stereocenters. The van der Waals surface area contributed by atoms with E-state index >= 15 is 0 Å². The first kappa shape index (κ1) is 7.79. The minimum Gasteiger partial charge on any atom is -0.431 e. The molecular weight excluding hydrogens is 166 g/mol. The first-order valence-electron chi connectivity index (χ1n) is 3.95. The molecule has 2 heterocycles. The Bertz CT molecular complexity index is 383. The second-order valence-corrected chi connectivity index (χ2v) is 2.50. The number of rotatable bonds is 2. The standard InChI is InChI=1S/C9H9N3O/c1-10-9-12-8(6-13-9)7-4-2-3-5-11-7/h2-6H,1H3,(H,10,12). The van der Waals surface area contributed by atoms with Crippen molar-refractivity contribution in [2.24, 2.45) is 0 Å². The molecule has 2 aromatic rings. The van der Waals surface area contributed by atoms with Gasteiger partial charge in [0.1, 0.15) is 12.0 Å². The topological polar surface area (TPSA) is 51.0 Å². The van der Waals surface area contributed by atoms with Crippen molar-refractivity contribution in [1.82, 2.24) is 9.97 Å². The van der Waals surface area contributed by atoms with Gasteiger partial charge < -0.3 is 9.73 Å². The minimum absolute atomic E-state index is 0.501. The van der Waals surface area contributed by atoms with E-state index in [0.29, 0.717) is 6.01 Å². The molecule has 2 rings (SSSR count). The smallest absolute Gasteiger partial charge is 0.294 e. The van der Waals surface area contributed by atoms with Crippen molar-refractivity contribution in [3.05, 3.63) is 30.7 Å². The van der Waals surface area contributed by atoms with Crippen LogP contribution in [-0.2, 0) is 0 Å². The molecule has 0 atom stereocenters. The van der Waals surface area contributed by atoms with Crippen molar-refractivity contribution in [3.63, 3.8) is 0 Å². The summed E-state index contributed by atoms with van der Waals surface area (Å²) in [7, 11) is 1.76. The number of aromatic nitrogens is 2. The molecule has 0 spiro atoms. The van der Waals surface area contributed by atoms with Crippen LogP contribution in [0.3, 0.4) is 0 Å². The van der Waals surface area contributed by atoms with Gasteiger partial charge in [-0.05, 0) is 12.1 Å². The van der Waals surface area contributed by atoms with Crippen molar-refractivity contribution in [2.45, 2.75) is 0 Å². The lowest BCUT2D eigenvalue weighted by atomic mass is 10.3. The van der Waals surface area contributed by atoms with Gasteiger partial charge in [-0.25, -0.2) is 0 Å². The molecule has 0 aliphatic carbocycles. The Morgan fingerprint density at radius 3 is 2.85 bits per heavy atom. The van der Waals surface area contributed by atoms with E-state index in [0.717, 1.165) is 11.4 Å². The quantitative estimate of drug-likeness (QED) is 0.755. The zero-order valence-corrected chi connectivity index (χ0v) is 7.19. The Morgan fingerprint density at radius 1 is 1.31 bits per heavy atom. The molecule has 0 aromatic carbocycles. The van der Waals surface area contributed by atoms with E-state index in [1.807, 2.05) is 18.2 Å². The van der Waals surface area contributed by atoms with Crippen LogP contribution >= 0.6 is 0 Å². The average molecular weight is 175 g/mol. The molecule has 0 aliphatic rings. The highest BCUT2D eigenvalue weighted by Gasteiger charge is 2.04. The second kappa shape index (κ2) is 3.26.